The Bertz CT molecular complexity index is 1260. The number of nitrogens with zero attached hydrogens (tertiary/aromatic N) is 4. The van der Waals surface area contributed by atoms with E-state index in [2.05, 4.69) is 14.8 Å². The second-order valence-corrected chi connectivity index (χ2v) is 8.74. The highest BCUT2D eigenvalue weighted by Crippen LogP contribution is 2.30. The van der Waals surface area contributed by atoms with Crippen molar-refractivity contribution in [2.45, 2.75) is 19.3 Å². The van der Waals surface area contributed by atoms with Gasteiger partial charge in [-0.2, -0.15) is 18.2 Å². The van der Waals surface area contributed by atoms with Crippen molar-refractivity contribution in [3.63, 3.8) is 0 Å². The second kappa shape index (κ2) is 8.19. The summed E-state index contributed by atoms with van der Waals surface area (Å²) in [6.45, 7) is 0.252. The fourth-order valence-electron chi connectivity index (χ4n) is 3.21. The Morgan fingerprint density at radius 1 is 1.35 bits per heavy atom. The first-order valence-electron chi connectivity index (χ1n) is 9.52. The number of hydrogen-bond acceptors (Lipinski definition) is 5. The Labute approximate surface area is 176 Å². The van der Waals surface area contributed by atoms with Gasteiger partial charge in [0.05, 0.1) is 0 Å². The molecule has 1 amide bonds. The number of carbonyl (C=O) groups is 1. The minimum Gasteiger partial charge on any atom is -0.285 e. The van der Waals surface area contributed by atoms with Crippen LogP contribution in [0.1, 0.15) is 30.5 Å². The molecule has 12 heteroatoms. The van der Waals surface area contributed by atoms with Crippen LogP contribution in [-0.4, -0.2) is 40.2 Å². The minimum atomic E-state index is -4.03. The number of halogens is 2. The fourth-order valence-corrected chi connectivity index (χ4v) is 4.07. The SMILES string of the molecule is Cn1nc(C(F)F)c(/C=C/C(=O)NS(=O)(=O)NCC2CC2)c1-n1ccc2cccnc21. The molecule has 0 aromatic carbocycles. The predicted molar refractivity (Wildman–Crippen MR) is 110 cm³/mol. The van der Waals surface area contributed by atoms with Crippen molar-refractivity contribution in [3.05, 3.63) is 47.9 Å². The van der Waals surface area contributed by atoms with Crippen LogP contribution in [0.4, 0.5) is 8.78 Å². The lowest BCUT2D eigenvalue weighted by atomic mass is 10.2. The molecule has 1 fully saturated rings. The van der Waals surface area contributed by atoms with Gasteiger partial charge in [0.1, 0.15) is 17.2 Å². The average Bonchev–Trinajstić information content (AvgIpc) is 3.37. The van der Waals surface area contributed by atoms with Gasteiger partial charge in [0.25, 0.3) is 12.3 Å². The summed E-state index contributed by atoms with van der Waals surface area (Å²) in [5.41, 5.74) is -0.0227. The molecule has 0 atom stereocenters. The standard InChI is InChI=1S/C19H20F2N6O3S/c1-26-19(27-10-8-13-3-2-9-22-18(13)27)14(16(24-26)17(20)21)6-7-15(28)25-31(29,30)23-11-12-4-5-12/h2-3,6-10,12,17,23H,4-5,11H2,1H3,(H,25,28)/b7-6+. The van der Waals surface area contributed by atoms with Crippen LogP contribution >= 0.6 is 0 Å². The number of pyridine rings is 1. The van der Waals surface area contributed by atoms with E-state index in [0.29, 0.717) is 11.6 Å². The zero-order valence-corrected chi connectivity index (χ0v) is 17.3. The molecule has 3 heterocycles. The Morgan fingerprint density at radius 2 is 2.13 bits per heavy atom. The molecule has 4 rings (SSSR count). The van der Waals surface area contributed by atoms with E-state index in [9.17, 15) is 22.0 Å². The zero-order chi connectivity index (χ0) is 22.2. The van der Waals surface area contributed by atoms with Crippen molar-refractivity contribution in [2.75, 3.05) is 6.54 Å². The molecule has 0 unspecified atom stereocenters. The highest BCUT2D eigenvalue weighted by Gasteiger charge is 2.25. The van der Waals surface area contributed by atoms with E-state index >= 15 is 0 Å². The van der Waals surface area contributed by atoms with Gasteiger partial charge in [-0.05, 0) is 43.0 Å². The fraction of sp³-hybridized carbons (Fsp3) is 0.316. The first-order chi connectivity index (χ1) is 14.7. The molecule has 0 bridgehead atoms. The number of aromatic nitrogens is 4. The number of nitrogens with one attached hydrogen (secondary N) is 2. The van der Waals surface area contributed by atoms with Gasteiger partial charge in [0.15, 0.2) is 0 Å². The number of aryl methyl sites for hydroxylation is 1. The molecule has 1 saturated carbocycles. The van der Waals surface area contributed by atoms with Crippen molar-refractivity contribution in [3.8, 4) is 5.82 Å². The third-order valence-electron chi connectivity index (χ3n) is 4.86. The highest BCUT2D eigenvalue weighted by molar-refractivity contribution is 7.88. The van der Waals surface area contributed by atoms with Crippen molar-refractivity contribution < 1.29 is 22.0 Å². The smallest absolute Gasteiger partial charge is 0.285 e. The Kier molecular flexibility index (Phi) is 5.58. The summed E-state index contributed by atoms with van der Waals surface area (Å²) in [5.74, 6) is -0.407. The Balaban J connectivity index is 1.64. The summed E-state index contributed by atoms with van der Waals surface area (Å²) in [6, 6.07) is 5.35. The van der Waals surface area contributed by atoms with Crippen molar-refractivity contribution in [1.29, 1.82) is 0 Å². The van der Waals surface area contributed by atoms with E-state index in [1.807, 2.05) is 10.8 Å². The number of rotatable bonds is 8. The summed E-state index contributed by atoms with van der Waals surface area (Å²) >= 11 is 0. The van der Waals surface area contributed by atoms with E-state index in [4.69, 9.17) is 0 Å². The summed E-state index contributed by atoms with van der Waals surface area (Å²) in [6.07, 6.45) is 4.24. The lowest BCUT2D eigenvalue weighted by Gasteiger charge is -2.08. The summed E-state index contributed by atoms with van der Waals surface area (Å²) in [4.78, 5) is 16.4. The maximum Gasteiger partial charge on any atom is 0.301 e. The number of hydrogen-bond donors (Lipinski definition) is 2. The third kappa shape index (κ3) is 4.64. The summed E-state index contributed by atoms with van der Waals surface area (Å²) in [7, 11) is -2.53. The summed E-state index contributed by atoms with van der Waals surface area (Å²) < 4.78 is 58.1. The molecule has 0 saturated heterocycles. The van der Waals surface area contributed by atoms with Gasteiger partial charge in [0, 0.05) is 43.0 Å². The van der Waals surface area contributed by atoms with Crippen LogP contribution in [0.3, 0.4) is 0 Å². The average molecular weight is 450 g/mol. The minimum absolute atomic E-state index is 0.0147. The van der Waals surface area contributed by atoms with Gasteiger partial charge in [-0.15, -0.1) is 0 Å². The number of fused-ring (bicyclic) bond motifs is 1. The van der Waals surface area contributed by atoms with E-state index in [-0.39, 0.29) is 17.9 Å². The molecule has 3 aromatic heterocycles. The van der Waals surface area contributed by atoms with Gasteiger partial charge in [-0.3, -0.25) is 14.0 Å². The molecule has 0 radical (unpaired) electrons. The van der Waals surface area contributed by atoms with Gasteiger partial charge in [-0.25, -0.2) is 18.5 Å². The Hall–Kier alpha value is -3.12. The van der Waals surface area contributed by atoms with Gasteiger partial charge in [-0.1, -0.05) is 0 Å². The molecule has 0 aliphatic heterocycles. The second-order valence-electron chi connectivity index (χ2n) is 7.24. The van der Waals surface area contributed by atoms with E-state index < -0.39 is 28.2 Å². The molecule has 31 heavy (non-hydrogen) atoms. The number of amides is 1. The van der Waals surface area contributed by atoms with Crippen molar-refractivity contribution in [2.24, 2.45) is 13.0 Å². The number of carbonyl (C=O) groups excluding carboxylic acids is 1. The van der Waals surface area contributed by atoms with Gasteiger partial charge >= 0.3 is 10.2 Å². The third-order valence-corrected chi connectivity index (χ3v) is 5.88. The highest BCUT2D eigenvalue weighted by atomic mass is 32.2. The van der Waals surface area contributed by atoms with Crippen molar-refractivity contribution >= 4 is 33.2 Å². The van der Waals surface area contributed by atoms with Gasteiger partial charge in [0.2, 0.25) is 0 Å². The molecule has 1 aliphatic carbocycles. The quantitative estimate of drug-likeness (QED) is 0.511. The van der Waals surface area contributed by atoms with Crippen LogP contribution < -0.4 is 9.44 Å². The monoisotopic (exact) mass is 450 g/mol. The first kappa shape index (κ1) is 21.1. The molecule has 0 spiro atoms. The van der Waals surface area contributed by atoms with E-state index in [1.165, 1.54) is 11.7 Å². The Morgan fingerprint density at radius 3 is 2.84 bits per heavy atom. The molecule has 3 aromatic rings. The lowest BCUT2D eigenvalue weighted by molar-refractivity contribution is -0.114. The van der Waals surface area contributed by atoms with E-state index in [0.717, 1.165) is 30.4 Å². The predicted octanol–water partition coefficient (Wildman–Crippen LogP) is 2.07. The van der Waals surface area contributed by atoms with Crippen LogP contribution in [0.25, 0.3) is 22.9 Å². The molecule has 164 valence electrons. The van der Waals surface area contributed by atoms with Crippen molar-refractivity contribution in [1.82, 2.24) is 28.8 Å². The number of alkyl halides is 2. The normalized spacial score (nSPS) is 14.7. The van der Waals surface area contributed by atoms with Gasteiger partial charge < -0.3 is 0 Å². The molecular formula is C19H20F2N6O3S. The molecule has 1 aliphatic rings. The lowest BCUT2D eigenvalue weighted by Crippen LogP contribution is -2.40. The first-order valence-corrected chi connectivity index (χ1v) is 11.0. The van der Waals surface area contributed by atoms with Crippen LogP contribution in [0.2, 0.25) is 0 Å². The molecular weight excluding hydrogens is 430 g/mol. The zero-order valence-electron chi connectivity index (χ0n) is 16.5. The van der Waals surface area contributed by atoms with Crippen LogP contribution in [-0.2, 0) is 22.1 Å². The maximum absolute atomic E-state index is 13.6. The van der Waals surface area contributed by atoms with Crippen LogP contribution in [0.15, 0.2) is 36.7 Å². The largest absolute Gasteiger partial charge is 0.301 e. The molecule has 2 N–H and O–H groups in total. The summed E-state index contributed by atoms with van der Waals surface area (Å²) in [5, 5.41) is 4.68. The molecule has 9 nitrogen and oxygen atoms in total. The van der Waals surface area contributed by atoms with E-state index in [1.54, 1.807) is 29.1 Å². The maximum atomic E-state index is 13.6. The topological polar surface area (TPSA) is 111 Å². The van der Waals surface area contributed by atoms with Crippen LogP contribution in [0, 0.1) is 5.92 Å². The van der Waals surface area contributed by atoms with Crippen LogP contribution in [0.5, 0.6) is 0 Å².